The third kappa shape index (κ3) is 3.50. The quantitative estimate of drug-likeness (QED) is 0.503. The Morgan fingerprint density at radius 3 is 2.44 bits per heavy atom. The van der Waals surface area contributed by atoms with Crippen LogP contribution < -0.4 is 0 Å². The van der Waals surface area contributed by atoms with Crippen LogP contribution in [-0.4, -0.2) is 21.8 Å². The van der Waals surface area contributed by atoms with E-state index < -0.39 is 18.0 Å². The first-order valence-electron chi connectivity index (χ1n) is 2.33. The largest absolute Gasteiger partial charge is 0.481 e. The van der Waals surface area contributed by atoms with E-state index in [1.807, 2.05) is 0 Å². The van der Waals surface area contributed by atoms with Crippen molar-refractivity contribution < 1.29 is 15.0 Å². The Morgan fingerprint density at radius 2 is 2.33 bits per heavy atom. The summed E-state index contributed by atoms with van der Waals surface area (Å²) in [5.74, 6) is -1.18. The Morgan fingerprint density at radius 1 is 1.89 bits per heavy atom. The molecule has 0 heterocycles. The van der Waals surface area contributed by atoms with Crippen molar-refractivity contribution in [2.24, 2.45) is 0 Å². The molecule has 0 spiro atoms. The lowest BCUT2D eigenvalue weighted by Gasteiger charge is -2.08. The van der Waals surface area contributed by atoms with Gasteiger partial charge in [0, 0.05) is 0 Å². The summed E-state index contributed by atoms with van der Waals surface area (Å²) in [6, 6.07) is 1.45. The van der Waals surface area contributed by atoms with E-state index in [9.17, 15) is 4.79 Å². The topological polar surface area (TPSA) is 81.3 Å². The van der Waals surface area contributed by atoms with E-state index in [1.54, 1.807) is 0 Å². The highest BCUT2D eigenvalue weighted by molar-refractivity contribution is 5.68. The number of rotatable bonds is 2. The smallest absolute Gasteiger partial charge is 0.307 e. The molecule has 0 saturated heterocycles. The van der Waals surface area contributed by atoms with Crippen LogP contribution in [0.25, 0.3) is 0 Å². The van der Waals surface area contributed by atoms with E-state index in [1.165, 1.54) is 6.07 Å². The van der Waals surface area contributed by atoms with Crippen molar-refractivity contribution in [1.82, 2.24) is 0 Å². The minimum atomic E-state index is -1.73. The van der Waals surface area contributed by atoms with E-state index in [-0.39, 0.29) is 0 Å². The molecule has 0 aliphatic rings. The second-order valence-electron chi connectivity index (χ2n) is 1.96. The molecular weight excluding hydrogens is 122 g/mol. The second-order valence-corrected chi connectivity index (χ2v) is 1.96. The summed E-state index contributed by atoms with van der Waals surface area (Å²) in [7, 11) is 0. The van der Waals surface area contributed by atoms with Crippen molar-refractivity contribution in [3.8, 4) is 6.07 Å². The summed E-state index contributed by atoms with van der Waals surface area (Å²) < 4.78 is 0. The number of hydrogen-bond acceptors (Lipinski definition) is 3. The van der Waals surface area contributed by atoms with Crippen LogP contribution in [0, 0.1) is 11.3 Å². The molecule has 1 unspecified atom stereocenters. The monoisotopic (exact) mass is 129 g/mol. The van der Waals surface area contributed by atoms with Crippen LogP contribution in [0.4, 0.5) is 0 Å². The van der Waals surface area contributed by atoms with Crippen molar-refractivity contribution in [3.05, 3.63) is 0 Å². The molecule has 0 saturated carbocycles. The molecule has 0 aliphatic heterocycles. The Hall–Kier alpha value is -1.08. The zero-order valence-electron chi connectivity index (χ0n) is 4.96. The van der Waals surface area contributed by atoms with Gasteiger partial charge < -0.3 is 10.2 Å². The fourth-order valence-electron chi connectivity index (χ4n) is 0.334. The number of nitrogens with zero attached hydrogens (tertiary/aromatic N) is 1. The van der Waals surface area contributed by atoms with Crippen molar-refractivity contribution in [1.29, 1.82) is 5.26 Å². The lowest BCUT2D eigenvalue weighted by atomic mass is 10.1. The normalized spacial score (nSPS) is 15.7. The van der Waals surface area contributed by atoms with E-state index in [0.29, 0.717) is 0 Å². The number of carboxylic acids is 1. The van der Waals surface area contributed by atoms with Gasteiger partial charge in [0.05, 0.1) is 12.5 Å². The van der Waals surface area contributed by atoms with Gasteiger partial charge in [0.2, 0.25) is 0 Å². The number of carboxylic acid groups (broad SMARTS) is 1. The van der Waals surface area contributed by atoms with Gasteiger partial charge in [-0.2, -0.15) is 5.26 Å². The summed E-state index contributed by atoms with van der Waals surface area (Å²) in [6.07, 6.45) is -0.538. The van der Waals surface area contributed by atoms with E-state index >= 15 is 0 Å². The van der Waals surface area contributed by atoms with E-state index in [4.69, 9.17) is 15.5 Å². The van der Waals surface area contributed by atoms with Gasteiger partial charge in [0.1, 0.15) is 0 Å². The Labute approximate surface area is 52.3 Å². The highest BCUT2D eigenvalue weighted by Gasteiger charge is 2.22. The molecule has 0 amide bonds. The number of aliphatic carboxylic acids is 1. The van der Waals surface area contributed by atoms with Gasteiger partial charge in [-0.3, -0.25) is 4.79 Å². The van der Waals surface area contributed by atoms with Gasteiger partial charge >= 0.3 is 5.97 Å². The first kappa shape index (κ1) is 7.92. The SMILES string of the molecule is CC(O)(C#N)CC(=O)O. The standard InChI is InChI=1S/C5H7NO3/c1-5(9,3-6)2-4(7)8/h9H,2H2,1H3,(H,7,8). The molecule has 0 aliphatic carbocycles. The highest BCUT2D eigenvalue weighted by atomic mass is 16.4. The summed E-state index contributed by atoms with van der Waals surface area (Å²) in [4.78, 5) is 9.86. The summed E-state index contributed by atoms with van der Waals surface area (Å²) in [6.45, 7) is 1.15. The first-order valence-corrected chi connectivity index (χ1v) is 2.33. The molecule has 4 heteroatoms. The fraction of sp³-hybridized carbons (Fsp3) is 0.600. The van der Waals surface area contributed by atoms with Crippen LogP contribution in [0.15, 0.2) is 0 Å². The highest BCUT2D eigenvalue weighted by Crippen LogP contribution is 2.05. The molecular formula is C5H7NO3. The van der Waals surface area contributed by atoms with Gasteiger partial charge in [-0.1, -0.05) is 0 Å². The van der Waals surface area contributed by atoms with E-state index in [0.717, 1.165) is 6.92 Å². The summed E-state index contributed by atoms with van der Waals surface area (Å²) >= 11 is 0. The summed E-state index contributed by atoms with van der Waals surface area (Å²) in [5, 5.41) is 24.9. The number of nitriles is 1. The van der Waals surface area contributed by atoms with Gasteiger partial charge in [0.15, 0.2) is 5.60 Å². The minimum Gasteiger partial charge on any atom is -0.481 e. The predicted octanol–water partition coefficient (Wildman–Crippen LogP) is -0.264. The van der Waals surface area contributed by atoms with Crippen molar-refractivity contribution >= 4 is 5.97 Å². The van der Waals surface area contributed by atoms with Crippen molar-refractivity contribution in [2.45, 2.75) is 18.9 Å². The number of hydrogen-bond donors (Lipinski definition) is 2. The Kier molecular flexibility index (Phi) is 2.17. The molecule has 0 bridgehead atoms. The second kappa shape index (κ2) is 2.46. The number of aliphatic hydroxyl groups is 1. The van der Waals surface area contributed by atoms with E-state index in [2.05, 4.69) is 0 Å². The van der Waals surface area contributed by atoms with Crippen LogP contribution >= 0.6 is 0 Å². The minimum absolute atomic E-state index is 0.538. The maximum absolute atomic E-state index is 9.86. The average Bonchev–Trinajstić information content (AvgIpc) is 1.63. The molecule has 0 aromatic carbocycles. The zero-order chi connectivity index (χ0) is 7.49. The molecule has 0 rings (SSSR count). The first-order chi connectivity index (χ1) is 3.98. The maximum atomic E-state index is 9.86. The van der Waals surface area contributed by atoms with Crippen molar-refractivity contribution in [3.63, 3.8) is 0 Å². The third-order valence-electron chi connectivity index (χ3n) is 0.736. The van der Waals surface area contributed by atoms with Gasteiger partial charge in [0.25, 0.3) is 0 Å². The molecule has 0 radical (unpaired) electrons. The van der Waals surface area contributed by atoms with Gasteiger partial charge in [-0.05, 0) is 6.92 Å². The van der Waals surface area contributed by atoms with Gasteiger partial charge in [-0.15, -0.1) is 0 Å². The molecule has 0 aromatic heterocycles. The maximum Gasteiger partial charge on any atom is 0.307 e. The van der Waals surface area contributed by atoms with Crippen LogP contribution in [0.2, 0.25) is 0 Å². The van der Waals surface area contributed by atoms with Crippen LogP contribution in [-0.2, 0) is 4.79 Å². The lowest BCUT2D eigenvalue weighted by molar-refractivity contribution is -0.140. The molecule has 2 N–H and O–H groups in total. The molecule has 9 heavy (non-hydrogen) atoms. The molecule has 4 nitrogen and oxygen atoms in total. The Balaban J connectivity index is 3.91. The van der Waals surface area contributed by atoms with Crippen molar-refractivity contribution in [2.75, 3.05) is 0 Å². The Bertz CT molecular complexity index is 156. The average molecular weight is 129 g/mol. The van der Waals surface area contributed by atoms with Crippen LogP contribution in [0.3, 0.4) is 0 Å². The predicted molar refractivity (Wildman–Crippen MR) is 28.5 cm³/mol. The molecule has 1 atom stereocenters. The molecule has 0 aromatic rings. The van der Waals surface area contributed by atoms with Crippen LogP contribution in [0.1, 0.15) is 13.3 Å². The molecule has 0 fully saturated rings. The number of carbonyl (C=O) groups is 1. The van der Waals surface area contributed by atoms with Crippen LogP contribution in [0.5, 0.6) is 0 Å². The third-order valence-corrected chi connectivity index (χ3v) is 0.736. The van der Waals surface area contributed by atoms with Gasteiger partial charge in [-0.25, -0.2) is 0 Å². The summed E-state index contributed by atoms with van der Waals surface area (Å²) in [5.41, 5.74) is -1.73. The lowest BCUT2D eigenvalue weighted by Crippen LogP contribution is -2.25. The fourth-order valence-corrected chi connectivity index (χ4v) is 0.334. The molecule has 50 valence electrons. The zero-order valence-corrected chi connectivity index (χ0v) is 4.96.